The minimum atomic E-state index is 0.00959. The van der Waals surface area contributed by atoms with Crippen molar-refractivity contribution in [2.45, 2.75) is 18.9 Å². The van der Waals surface area contributed by atoms with Crippen molar-refractivity contribution in [1.29, 1.82) is 0 Å². The van der Waals surface area contributed by atoms with Crippen LogP contribution >= 0.6 is 35.0 Å². The molecule has 3 nitrogen and oxygen atoms in total. The number of hydrogen-bond acceptors (Lipinski definition) is 4. The Kier molecular flexibility index (Phi) is 8.98. The second-order valence-corrected chi connectivity index (χ2v) is 11.1. The van der Waals surface area contributed by atoms with Crippen LogP contribution in [0.5, 0.6) is 0 Å². The van der Waals surface area contributed by atoms with Gasteiger partial charge in [0, 0.05) is 40.3 Å². The average molecular weight is 559 g/mol. The second-order valence-electron chi connectivity index (χ2n) is 9.24. The Morgan fingerprint density at radius 2 is 1.68 bits per heavy atom. The van der Waals surface area contributed by atoms with Gasteiger partial charge in [0.15, 0.2) is 0 Å². The highest BCUT2D eigenvalue weighted by Crippen LogP contribution is 2.37. The van der Waals surface area contributed by atoms with Gasteiger partial charge in [0.2, 0.25) is 0 Å². The first-order valence-corrected chi connectivity index (χ1v) is 14.8. The first kappa shape index (κ1) is 26.7. The van der Waals surface area contributed by atoms with Crippen LogP contribution in [-0.4, -0.2) is 28.5 Å². The summed E-state index contributed by atoms with van der Waals surface area (Å²) in [6, 6.07) is 29.0. The highest BCUT2D eigenvalue weighted by atomic mass is 35.5. The molecule has 0 aliphatic rings. The minimum absolute atomic E-state index is 0.00959. The van der Waals surface area contributed by atoms with Crippen LogP contribution in [0.15, 0.2) is 97.3 Å². The molecule has 5 aromatic rings. The summed E-state index contributed by atoms with van der Waals surface area (Å²) in [4.78, 5) is 9.44. The van der Waals surface area contributed by atoms with Crippen LogP contribution in [0.4, 0.5) is 0 Å². The highest BCUT2D eigenvalue weighted by molar-refractivity contribution is 7.98. The number of nitrogens with one attached hydrogen (secondary N) is 1. The topological polar surface area (TPSA) is 37.8 Å². The van der Waals surface area contributed by atoms with Crippen LogP contribution in [0.1, 0.15) is 34.7 Å². The molecule has 0 aliphatic heterocycles. The van der Waals surface area contributed by atoms with Gasteiger partial charge in [-0.3, -0.25) is 9.97 Å². The Morgan fingerprint density at radius 1 is 0.842 bits per heavy atom. The molecule has 192 valence electrons. The van der Waals surface area contributed by atoms with Crippen molar-refractivity contribution >= 4 is 45.9 Å². The lowest BCUT2D eigenvalue weighted by Gasteiger charge is -2.20. The standard InChI is InChI=1S/C32H29Cl2N3S/c1-38-16-4-15-36-21-28-19-29(23-5-2-7-27(34)17-23)30-18-24(10-13-31(30)37-28)32(25-6-3-14-35-20-25)22-8-11-26(33)12-9-22/h2-3,5-14,17-20,32,36H,4,15-16,21H2,1H3. The number of benzene rings is 3. The number of pyridine rings is 2. The average Bonchev–Trinajstić information content (AvgIpc) is 2.94. The molecule has 0 bridgehead atoms. The number of hydrogen-bond donors (Lipinski definition) is 1. The van der Waals surface area contributed by atoms with Gasteiger partial charge in [-0.2, -0.15) is 11.8 Å². The largest absolute Gasteiger partial charge is 0.311 e. The van der Waals surface area contributed by atoms with Crippen molar-refractivity contribution < 1.29 is 0 Å². The van der Waals surface area contributed by atoms with E-state index in [1.807, 2.05) is 54.4 Å². The van der Waals surface area contributed by atoms with E-state index in [9.17, 15) is 0 Å². The zero-order valence-electron chi connectivity index (χ0n) is 21.2. The van der Waals surface area contributed by atoms with E-state index >= 15 is 0 Å². The summed E-state index contributed by atoms with van der Waals surface area (Å²) in [6.45, 7) is 1.70. The van der Waals surface area contributed by atoms with Crippen LogP contribution in [0.2, 0.25) is 10.0 Å². The van der Waals surface area contributed by atoms with Gasteiger partial charge in [0.05, 0.1) is 11.2 Å². The number of thioether (sulfide) groups is 1. The fraction of sp³-hybridized carbons (Fsp3) is 0.188. The minimum Gasteiger partial charge on any atom is -0.311 e. The molecule has 0 amide bonds. The van der Waals surface area contributed by atoms with E-state index in [4.69, 9.17) is 28.2 Å². The highest BCUT2D eigenvalue weighted by Gasteiger charge is 2.19. The molecule has 0 saturated carbocycles. The molecule has 0 spiro atoms. The Morgan fingerprint density at radius 3 is 2.45 bits per heavy atom. The molecule has 3 aromatic carbocycles. The number of rotatable bonds is 10. The summed E-state index contributed by atoms with van der Waals surface area (Å²) in [5.74, 6) is 1.16. The first-order valence-electron chi connectivity index (χ1n) is 12.7. The molecule has 0 aliphatic carbocycles. The Hall–Kier alpha value is -2.89. The van der Waals surface area contributed by atoms with Gasteiger partial charge >= 0.3 is 0 Å². The quantitative estimate of drug-likeness (QED) is 0.174. The van der Waals surface area contributed by atoms with Gasteiger partial charge in [-0.15, -0.1) is 0 Å². The van der Waals surface area contributed by atoms with Crippen molar-refractivity contribution in [2.75, 3.05) is 18.6 Å². The molecule has 1 unspecified atom stereocenters. The number of aromatic nitrogens is 2. The van der Waals surface area contributed by atoms with Crippen molar-refractivity contribution in [3.63, 3.8) is 0 Å². The molecule has 0 saturated heterocycles. The number of nitrogens with zero attached hydrogens (tertiary/aromatic N) is 2. The lowest BCUT2D eigenvalue weighted by Crippen LogP contribution is -2.16. The monoisotopic (exact) mass is 557 g/mol. The van der Waals surface area contributed by atoms with Gasteiger partial charge in [0.25, 0.3) is 0 Å². The van der Waals surface area contributed by atoms with Gasteiger partial charge in [-0.05, 0) is 101 Å². The molecule has 1 N–H and O–H groups in total. The van der Waals surface area contributed by atoms with Crippen molar-refractivity contribution in [2.24, 2.45) is 0 Å². The van der Waals surface area contributed by atoms with Gasteiger partial charge in [-0.1, -0.05) is 59.6 Å². The summed E-state index contributed by atoms with van der Waals surface area (Å²) in [7, 11) is 0. The van der Waals surface area contributed by atoms with Crippen molar-refractivity contribution in [3.05, 3.63) is 130 Å². The summed E-state index contributed by atoms with van der Waals surface area (Å²) < 4.78 is 0. The van der Waals surface area contributed by atoms with Crippen molar-refractivity contribution in [3.8, 4) is 11.1 Å². The van der Waals surface area contributed by atoms with E-state index in [1.165, 1.54) is 5.56 Å². The predicted molar refractivity (Wildman–Crippen MR) is 164 cm³/mol. The number of halogens is 2. The molecule has 0 radical (unpaired) electrons. The van der Waals surface area contributed by atoms with E-state index in [0.29, 0.717) is 0 Å². The van der Waals surface area contributed by atoms with Crippen LogP contribution < -0.4 is 5.32 Å². The third-order valence-electron chi connectivity index (χ3n) is 6.58. The van der Waals surface area contributed by atoms with E-state index in [2.05, 4.69) is 65.1 Å². The molecule has 6 heteroatoms. The second kappa shape index (κ2) is 12.8. The van der Waals surface area contributed by atoms with Crippen LogP contribution in [0, 0.1) is 0 Å². The maximum Gasteiger partial charge on any atom is 0.0712 e. The Labute approximate surface area is 238 Å². The molecule has 38 heavy (non-hydrogen) atoms. The Bertz CT molecular complexity index is 1510. The van der Waals surface area contributed by atoms with E-state index in [-0.39, 0.29) is 5.92 Å². The van der Waals surface area contributed by atoms with Crippen LogP contribution in [0.3, 0.4) is 0 Å². The summed E-state index contributed by atoms with van der Waals surface area (Å²) in [5, 5.41) is 6.08. The summed E-state index contributed by atoms with van der Waals surface area (Å²) in [5.41, 5.74) is 7.64. The lowest BCUT2D eigenvalue weighted by atomic mass is 9.85. The molecule has 2 aromatic heterocycles. The van der Waals surface area contributed by atoms with E-state index in [0.717, 1.165) is 74.2 Å². The smallest absolute Gasteiger partial charge is 0.0712 e. The molecule has 0 fully saturated rings. The third-order valence-corrected chi connectivity index (χ3v) is 7.77. The van der Waals surface area contributed by atoms with Gasteiger partial charge < -0.3 is 5.32 Å². The third kappa shape index (κ3) is 6.39. The lowest BCUT2D eigenvalue weighted by molar-refractivity contribution is 0.669. The molecular weight excluding hydrogens is 529 g/mol. The maximum atomic E-state index is 6.42. The summed E-state index contributed by atoms with van der Waals surface area (Å²) >= 11 is 14.5. The molecule has 5 rings (SSSR count). The van der Waals surface area contributed by atoms with E-state index < -0.39 is 0 Å². The zero-order valence-corrected chi connectivity index (χ0v) is 23.5. The molecular formula is C32H29Cl2N3S. The number of fused-ring (bicyclic) bond motifs is 1. The molecule has 1 atom stereocenters. The zero-order chi connectivity index (χ0) is 26.3. The van der Waals surface area contributed by atoms with Gasteiger partial charge in [0.1, 0.15) is 0 Å². The van der Waals surface area contributed by atoms with Crippen molar-refractivity contribution in [1.82, 2.24) is 15.3 Å². The predicted octanol–water partition coefficient (Wildman–Crippen LogP) is 8.63. The van der Waals surface area contributed by atoms with Gasteiger partial charge in [-0.25, -0.2) is 0 Å². The summed E-state index contributed by atoms with van der Waals surface area (Å²) in [6.07, 6.45) is 7.02. The van der Waals surface area contributed by atoms with Crippen LogP contribution in [-0.2, 0) is 6.54 Å². The SMILES string of the molecule is CSCCCNCc1cc(-c2cccc(Cl)c2)c2cc(C(c3ccc(Cl)cc3)c3cccnc3)ccc2n1. The fourth-order valence-corrected chi connectivity index (χ4v) is 5.55. The fourth-order valence-electron chi connectivity index (χ4n) is 4.80. The first-order chi connectivity index (χ1) is 18.6. The normalized spacial score (nSPS) is 12.1. The van der Waals surface area contributed by atoms with E-state index in [1.54, 1.807) is 6.20 Å². The maximum absolute atomic E-state index is 6.42. The van der Waals surface area contributed by atoms with Crippen LogP contribution in [0.25, 0.3) is 22.0 Å². The molecule has 2 heterocycles. The Balaban J connectivity index is 1.62.